The lowest BCUT2D eigenvalue weighted by molar-refractivity contribution is -0.135. The molecule has 0 radical (unpaired) electrons. The molecule has 0 aromatic heterocycles. The van der Waals surface area contributed by atoms with Crippen LogP contribution in [0, 0.1) is 5.92 Å². The van der Waals surface area contributed by atoms with Gasteiger partial charge in [-0.25, -0.2) is 5.01 Å². The summed E-state index contributed by atoms with van der Waals surface area (Å²) in [4.78, 5) is 13.8. The minimum atomic E-state index is -0.205. The summed E-state index contributed by atoms with van der Waals surface area (Å²) in [7, 11) is 3.32. The smallest absolute Gasteiger partial charge is 0.281 e. The van der Waals surface area contributed by atoms with Crippen LogP contribution >= 0.6 is 0 Å². The normalized spacial score (nSPS) is 19.3. The number of fused-ring (bicyclic) bond motifs is 2. The number of carbonyl (C=O) groups excluding carboxylic acids is 1. The average Bonchev–Trinajstić information content (AvgIpc) is 3.41. The summed E-state index contributed by atoms with van der Waals surface area (Å²) in [6.45, 7) is -0.0955. The fourth-order valence-corrected chi connectivity index (χ4v) is 5.77. The van der Waals surface area contributed by atoms with E-state index in [4.69, 9.17) is 19.3 Å². The van der Waals surface area contributed by atoms with Crippen molar-refractivity contribution in [2.24, 2.45) is 11.0 Å². The second-order valence-electron chi connectivity index (χ2n) is 10.1. The summed E-state index contributed by atoms with van der Waals surface area (Å²) in [5.74, 6) is 2.23. The molecule has 4 aromatic rings. The fourth-order valence-electron chi connectivity index (χ4n) is 5.77. The van der Waals surface area contributed by atoms with E-state index in [-0.39, 0.29) is 24.5 Å². The number of amides is 1. The van der Waals surface area contributed by atoms with Gasteiger partial charge in [-0.15, -0.1) is 0 Å². The Balaban J connectivity index is 1.32. The molecule has 1 aliphatic heterocycles. The molecular formula is C34H32N2O4. The summed E-state index contributed by atoms with van der Waals surface area (Å²) in [6.07, 6.45) is 5.11. The average molecular weight is 533 g/mol. The van der Waals surface area contributed by atoms with E-state index < -0.39 is 0 Å². The van der Waals surface area contributed by atoms with Crippen LogP contribution in [0.25, 0.3) is 16.8 Å². The maximum Gasteiger partial charge on any atom is 0.281 e. The quantitative estimate of drug-likeness (QED) is 0.256. The molecule has 1 heterocycles. The molecule has 1 aliphatic carbocycles. The Morgan fingerprint density at radius 3 is 2.35 bits per heavy atom. The maximum absolute atomic E-state index is 13.8. The van der Waals surface area contributed by atoms with Crippen molar-refractivity contribution in [1.29, 1.82) is 0 Å². The fraction of sp³-hybridized carbons (Fsp3) is 0.235. The highest BCUT2D eigenvalue weighted by Crippen LogP contribution is 2.44. The van der Waals surface area contributed by atoms with Crippen LogP contribution in [0.4, 0.5) is 0 Å². The molecule has 2 atom stereocenters. The standard InChI is InChI=1S/C34H32N2O4/c1-38-27-17-13-23(14-18-27)21-26-9-5-11-30-33(26)35-36(34(30)25-15-19-28(39-2)20-16-25)32(37)22-40-31-12-6-8-24-7-3-4-10-29(24)31/h3-4,6-8,10,12-21,30,34H,5,9,11,22H2,1-2H3/b26-21+/t30-,34-/m0/s1. The van der Waals surface area contributed by atoms with Crippen molar-refractivity contribution in [3.63, 3.8) is 0 Å². The van der Waals surface area contributed by atoms with E-state index in [1.807, 2.05) is 91.0 Å². The van der Waals surface area contributed by atoms with Crippen LogP contribution in [0.15, 0.2) is 102 Å². The number of hydrogen-bond donors (Lipinski definition) is 0. The molecule has 6 rings (SSSR count). The van der Waals surface area contributed by atoms with Gasteiger partial charge < -0.3 is 14.2 Å². The van der Waals surface area contributed by atoms with E-state index in [1.54, 1.807) is 19.2 Å². The lowest BCUT2D eigenvalue weighted by Gasteiger charge is -2.29. The van der Waals surface area contributed by atoms with Gasteiger partial charge in [0.15, 0.2) is 6.61 Å². The van der Waals surface area contributed by atoms with Crippen LogP contribution in [0.1, 0.15) is 36.4 Å². The number of nitrogens with zero attached hydrogens (tertiary/aromatic N) is 2. The molecule has 1 fully saturated rings. The lowest BCUT2D eigenvalue weighted by atomic mass is 9.77. The lowest BCUT2D eigenvalue weighted by Crippen LogP contribution is -2.34. The van der Waals surface area contributed by atoms with Crippen LogP contribution < -0.4 is 14.2 Å². The van der Waals surface area contributed by atoms with E-state index in [9.17, 15) is 4.79 Å². The second-order valence-corrected chi connectivity index (χ2v) is 10.1. The summed E-state index contributed by atoms with van der Waals surface area (Å²) in [5.41, 5.74) is 4.28. The monoisotopic (exact) mass is 532 g/mol. The molecule has 0 unspecified atom stereocenters. The largest absolute Gasteiger partial charge is 0.497 e. The van der Waals surface area contributed by atoms with Crippen molar-refractivity contribution in [3.05, 3.63) is 108 Å². The van der Waals surface area contributed by atoms with Crippen LogP contribution in [0.2, 0.25) is 0 Å². The first-order chi connectivity index (χ1) is 19.6. The molecular weight excluding hydrogens is 500 g/mol. The predicted octanol–water partition coefficient (Wildman–Crippen LogP) is 7.06. The third kappa shape index (κ3) is 5.05. The molecule has 0 saturated heterocycles. The first kappa shape index (κ1) is 25.7. The molecule has 1 amide bonds. The molecule has 1 saturated carbocycles. The number of carbonyl (C=O) groups is 1. The number of benzene rings is 4. The number of hydrazone groups is 1. The minimum Gasteiger partial charge on any atom is -0.497 e. The summed E-state index contributed by atoms with van der Waals surface area (Å²) < 4.78 is 16.8. The Kier molecular flexibility index (Phi) is 7.23. The van der Waals surface area contributed by atoms with Gasteiger partial charge in [-0.1, -0.05) is 60.7 Å². The van der Waals surface area contributed by atoms with Gasteiger partial charge in [-0.3, -0.25) is 4.79 Å². The molecule has 202 valence electrons. The highest BCUT2D eigenvalue weighted by Gasteiger charge is 2.43. The molecule has 40 heavy (non-hydrogen) atoms. The van der Waals surface area contributed by atoms with Crippen LogP contribution in [-0.4, -0.2) is 37.5 Å². The Labute approximate surface area is 234 Å². The van der Waals surface area contributed by atoms with E-state index in [0.717, 1.165) is 58.4 Å². The van der Waals surface area contributed by atoms with Gasteiger partial charge in [0.1, 0.15) is 17.2 Å². The van der Waals surface area contributed by atoms with Crippen molar-refractivity contribution in [2.75, 3.05) is 20.8 Å². The van der Waals surface area contributed by atoms with Gasteiger partial charge >= 0.3 is 0 Å². The molecule has 0 N–H and O–H groups in total. The summed E-state index contributed by atoms with van der Waals surface area (Å²) >= 11 is 0. The van der Waals surface area contributed by atoms with Crippen molar-refractivity contribution < 1.29 is 19.0 Å². The molecule has 6 nitrogen and oxygen atoms in total. The van der Waals surface area contributed by atoms with Gasteiger partial charge in [0.05, 0.1) is 26.0 Å². The highest BCUT2D eigenvalue weighted by atomic mass is 16.5. The Morgan fingerprint density at radius 1 is 0.900 bits per heavy atom. The Morgan fingerprint density at radius 2 is 1.60 bits per heavy atom. The van der Waals surface area contributed by atoms with Crippen LogP contribution in [0.5, 0.6) is 17.2 Å². The predicted molar refractivity (Wildman–Crippen MR) is 158 cm³/mol. The van der Waals surface area contributed by atoms with Gasteiger partial charge in [0, 0.05) is 11.3 Å². The summed E-state index contributed by atoms with van der Waals surface area (Å²) in [6, 6.07) is 29.7. The first-order valence-electron chi connectivity index (χ1n) is 13.6. The molecule has 0 bridgehead atoms. The Bertz CT molecular complexity index is 1570. The zero-order valence-corrected chi connectivity index (χ0v) is 22.7. The highest BCUT2D eigenvalue weighted by molar-refractivity contribution is 6.08. The van der Waals surface area contributed by atoms with E-state index in [2.05, 4.69) is 6.08 Å². The Hall–Kier alpha value is -4.58. The van der Waals surface area contributed by atoms with Crippen molar-refractivity contribution >= 4 is 28.5 Å². The van der Waals surface area contributed by atoms with Gasteiger partial charge in [-0.2, -0.15) is 5.10 Å². The number of methoxy groups -OCH3 is 2. The molecule has 0 spiro atoms. The van der Waals surface area contributed by atoms with E-state index in [1.165, 1.54) is 5.57 Å². The van der Waals surface area contributed by atoms with Crippen LogP contribution in [-0.2, 0) is 4.79 Å². The third-order valence-electron chi connectivity index (χ3n) is 7.77. The summed E-state index contributed by atoms with van der Waals surface area (Å²) in [5, 5.41) is 8.70. The zero-order chi connectivity index (χ0) is 27.5. The zero-order valence-electron chi connectivity index (χ0n) is 22.7. The van der Waals surface area contributed by atoms with E-state index in [0.29, 0.717) is 5.75 Å². The second kappa shape index (κ2) is 11.3. The van der Waals surface area contributed by atoms with Gasteiger partial charge in [0.2, 0.25) is 0 Å². The topological polar surface area (TPSA) is 60.4 Å². The number of rotatable bonds is 7. The SMILES string of the molecule is COc1ccc(/C=C2\CCC[C@H]3C2=NN(C(=O)COc2cccc4ccccc24)[C@H]3c2ccc(OC)cc2)cc1. The number of allylic oxidation sites excluding steroid dienone is 1. The number of hydrogen-bond acceptors (Lipinski definition) is 5. The van der Waals surface area contributed by atoms with E-state index >= 15 is 0 Å². The third-order valence-corrected chi connectivity index (χ3v) is 7.77. The van der Waals surface area contributed by atoms with Crippen molar-refractivity contribution in [1.82, 2.24) is 5.01 Å². The molecule has 6 heteroatoms. The van der Waals surface area contributed by atoms with Crippen molar-refractivity contribution in [2.45, 2.75) is 25.3 Å². The molecule has 4 aromatic carbocycles. The van der Waals surface area contributed by atoms with Crippen molar-refractivity contribution in [3.8, 4) is 17.2 Å². The van der Waals surface area contributed by atoms with Gasteiger partial charge in [-0.05, 0) is 77.8 Å². The van der Waals surface area contributed by atoms with Crippen LogP contribution in [0.3, 0.4) is 0 Å². The molecule has 2 aliphatic rings. The maximum atomic E-state index is 13.8. The first-order valence-corrected chi connectivity index (χ1v) is 13.6. The van der Waals surface area contributed by atoms with Gasteiger partial charge in [0.25, 0.3) is 5.91 Å². The minimum absolute atomic E-state index is 0.0955. The number of ether oxygens (including phenoxy) is 3.